The van der Waals surface area contributed by atoms with E-state index in [-0.39, 0.29) is 35.1 Å². The quantitative estimate of drug-likeness (QED) is 0.277. The molecule has 210 valence electrons. The molecule has 1 saturated heterocycles. The Balaban J connectivity index is 1.18. The van der Waals surface area contributed by atoms with Crippen LogP contribution in [0.3, 0.4) is 0 Å². The fourth-order valence-corrected chi connectivity index (χ4v) is 6.34. The molecule has 3 aliphatic rings. The number of carbonyl (C=O) groups is 2. The molecule has 3 atom stereocenters. The number of aromatic nitrogens is 1. The van der Waals surface area contributed by atoms with E-state index in [1.807, 2.05) is 4.90 Å². The topological polar surface area (TPSA) is 81.9 Å². The average Bonchev–Trinajstić information content (AvgIpc) is 3.32. The summed E-state index contributed by atoms with van der Waals surface area (Å²) in [5.74, 6) is -0.893. The van der Waals surface area contributed by atoms with Crippen molar-refractivity contribution in [3.05, 3.63) is 69.1 Å². The number of fused-ring (bicyclic) bond motifs is 2. The van der Waals surface area contributed by atoms with Crippen molar-refractivity contribution in [1.29, 1.82) is 0 Å². The van der Waals surface area contributed by atoms with Gasteiger partial charge in [0.15, 0.2) is 5.76 Å². The zero-order valence-electron chi connectivity index (χ0n) is 22.4. The summed E-state index contributed by atoms with van der Waals surface area (Å²) in [6, 6.07) is 9.54. The highest BCUT2D eigenvalue weighted by Gasteiger charge is 2.48. The lowest BCUT2D eigenvalue weighted by Crippen LogP contribution is -2.40. The van der Waals surface area contributed by atoms with Gasteiger partial charge in [0.05, 0.1) is 21.3 Å². The van der Waals surface area contributed by atoms with Crippen LogP contribution in [0.4, 0.5) is 10.1 Å². The zero-order valence-corrected chi connectivity index (χ0v) is 23.9. The van der Waals surface area contributed by atoms with Gasteiger partial charge >= 0.3 is 11.9 Å². The summed E-state index contributed by atoms with van der Waals surface area (Å²) in [5.41, 5.74) is 0.939. The highest BCUT2D eigenvalue weighted by molar-refractivity contribution is 6.39. The first kappa shape index (κ1) is 27.1. The Bertz CT molecular complexity index is 1480. The van der Waals surface area contributed by atoms with E-state index in [2.05, 4.69) is 5.16 Å². The molecule has 2 saturated carbocycles. The number of hydrogen-bond acceptors (Lipinski definition) is 7. The number of esters is 2. The van der Waals surface area contributed by atoms with E-state index in [0.717, 1.165) is 19.3 Å². The standard InChI is InChI=1S/C30H29Cl2FN2O5/c1-30(2,3)39-28(36)16-9-10-22(21(33)12-16)35-14-17-11-18(35)13-23(17)38-29(37)25-26(34-40-27(25)15-7-8-15)24-19(31)5-4-6-20(24)32/h4-6,9-10,12,15,17-18,23H,7-8,11,13-14H2,1-3H3. The van der Waals surface area contributed by atoms with Crippen molar-refractivity contribution in [2.75, 3.05) is 11.4 Å². The molecule has 0 radical (unpaired) electrons. The third kappa shape index (κ3) is 5.07. The molecule has 1 aromatic heterocycles. The fourth-order valence-electron chi connectivity index (χ4n) is 5.76. The van der Waals surface area contributed by atoms with Crippen LogP contribution in [0.25, 0.3) is 11.3 Å². The molecule has 0 spiro atoms. The van der Waals surface area contributed by atoms with Crippen molar-refractivity contribution < 1.29 is 28.0 Å². The van der Waals surface area contributed by atoms with E-state index in [0.29, 0.717) is 45.7 Å². The first-order valence-corrected chi connectivity index (χ1v) is 14.2. The first-order chi connectivity index (χ1) is 19.0. The molecule has 3 fully saturated rings. The summed E-state index contributed by atoms with van der Waals surface area (Å²) in [4.78, 5) is 27.9. The van der Waals surface area contributed by atoms with Crippen molar-refractivity contribution >= 4 is 40.8 Å². The van der Waals surface area contributed by atoms with Crippen LogP contribution in [0.5, 0.6) is 0 Å². The van der Waals surface area contributed by atoms with E-state index < -0.39 is 23.4 Å². The maximum Gasteiger partial charge on any atom is 0.344 e. The van der Waals surface area contributed by atoms with Crippen LogP contribution in [0.1, 0.15) is 78.8 Å². The SMILES string of the molecule is CC(C)(C)OC(=O)c1ccc(N2CC3CC2CC3OC(=O)c2c(-c3c(Cl)cccc3Cl)noc2C2CC2)c(F)c1. The minimum atomic E-state index is -0.668. The van der Waals surface area contributed by atoms with Crippen LogP contribution in [-0.2, 0) is 9.47 Å². The molecule has 10 heteroatoms. The molecule has 2 aromatic carbocycles. The molecule has 2 aliphatic carbocycles. The van der Waals surface area contributed by atoms with E-state index >= 15 is 4.39 Å². The molecule has 3 unspecified atom stereocenters. The summed E-state index contributed by atoms with van der Waals surface area (Å²) in [5, 5.41) is 4.92. The van der Waals surface area contributed by atoms with Crippen LogP contribution in [0.15, 0.2) is 40.9 Å². The summed E-state index contributed by atoms with van der Waals surface area (Å²) in [6.07, 6.45) is 2.83. The van der Waals surface area contributed by atoms with Crippen molar-refractivity contribution in [3.63, 3.8) is 0 Å². The van der Waals surface area contributed by atoms with Crippen LogP contribution in [0.2, 0.25) is 10.0 Å². The van der Waals surface area contributed by atoms with Gasteiger partial charge in [-0.15, -0.1) is 0 Å². The lowest BCUT2D eigenvalue weighted by Gasteiger charge is -2.33. The fraction of sp³-hybridized carbons (Fsp3) is 0.433. The number of anilines is 1. The van der Waals surface area contributed by atoms with Crippen LogP contribution in [0, 0.1) is 11.7 Å². The smallest absolute Gasteiger partial charge is 0.344 e. The highest BCUT2D eigenvalue weighted by atomic mass is 35.5. The molecule has 2 bridgehead atoms. The molecule has 3 aromatic rings. The van der Waals surface area contributed by atoms with Gasteiger partial charge in [0.2, 0.25) is 0 Å². The van der Waals surface area contributed by atoms with E-state index in [1.165, 1.54) is 6.07 Å². The minimum absolute atomic E-state index is 0.00698. The monoisotopic (exact) mass is 586 g/mol. The Hall–Kier alpha value is -3.10. The molecule has 0 N–H and O–H groups in total. The van der Waals surface area contributed by atoms with Crippen LogP contribution >= 0.6 is 23.2 Å². The van der Waals surface area contributed by atoms with Crippen molar-refractivity contribution in [2.24, 2.45) is 5.92 Å². The lowest BCUT2D eigenvalue weighted by atomic mass is 10.0. The molecule has 1 aliphatic heterocycles. The van der Waals surface area contributed by atoms with E-state index in [4.69, 9.17) is 37.2 Å². The minimum Gasteiger partial charge on any atom is -0.458 e. The number of ether oxygens (including phenoxy) is 2. The lowest BCUT2D eigenvalue weighted by molar-refractivity contribution is 0.00683. The van der Waals surface area contributed by atoms with Gasteiger partial charge in [-0.2, -0.15) is 0 Å². The maximum absolute atomic E-state index is 15.1. The largest absolute Gasteiger partial charge is 0.458 e. The number of benzene rings is 2. The second-order valence-corrected chi connectivity index (χ2v) is 12.6. The maximum atomic E-state index is 15.1. The number of halogens is 3. The summed E-state index contributed by atoms with van der Waals surface area (Å²) < 4.78 is 32.2. The molecule has 40 heavy (non-hydrogen) atoms. The predicted molar refractivity (Wildman–Crippen MR) is 149 cm³/mol. The first-order valence-electron chi connectivity index (χ1n) is 13.4. The summed E-state index contributed by atoms with van der Waals surface area (Å²) in [6.45, 7) is 5.83. The van der Waals surface area contributed by atoms with Gasteiger partial charge < -0.3 is 18.9 Å². The molecule has 2 heterocycles. The second kappa shape index (κ2) is 10.1. The van der Waals surface area contributed by atoms with Gasteiger partial charge in [-0.3, -0.25) is 0 Å². The second-order valence-electron chi connectivity index (χ2n) is 11.8. The van der Waals surface area contributed by atoms with Gasteiger partial charge in [0.1, 0.15) is 28.8 Å². The third-order valence-electron chi connectivity index (χ3n) is 7.70. The van der Waals surface area contributed by atoms with Gasteiger partial charge in [-0.25, -0.2) is 14.0 Å². The van der Waals surface area contributed by atoms with Crippen LogP contribution < -0.4 is 4.90 Å². The summed E-state index contributed by atoms with van der Waals surface area (Å²) >= 11 is 12.9. The van der Waals surface area contributed by atoms with E-state index in [9.17, 15) is 9.59 Å². The Kier molecular flexibility index (Phi) is 6.82. The number of nitrogens with zero attached hydrogens (tertiary/aromatic N) is 2. The number of hydrogen-bond donors (Lipinski definition) is 0. The Morgan fingerprint density at radius 3 is 2.40 bits per heavy atom. The zero-order chi connectivity index (χ0) is 28.3. The Labute approximate surface area is 241 Å². The molecular weight excluding hydrogens is 558 g/mol. The molecular formula is C30H29Cl2FN2O5. The molecule has 0 amide bonds. The average molecular weight is 587 g/mol. The van der Waals surface area contributed by atoms with Crippen molar-refractivity contribution in [3.8, 4) is 11.3 Å². The van der Waals surface area contributed by atoms with Gasteiger partial charge in [-0.1, -0.05) is 34.4 Å². The number of piperidine rings is 1. The van der Waals surface area contributed by atoms with Crippen molar-refractivity contribution in [2.45, 2.75) is 70.1 Å². The van der Waals surface area contributed by atoms with Gasteiger partial charge in [0, 0.05) is 36.4 Å². The highest BCUT2D eigenvalue weighted by Crippen LogP contribution is 2.47. The Morgan fingerprint density at radius 1 is 1.07 bits per heavy atom. The third-order valence-corrected chi connectivity index (χ3v) is 8.33. The van der Waals surface area contributed by atoms with Gasteiger partial charge in [0.25, 0.3) is 0 Å². The molecule has 6 rings (SSSR count). The number of carbonyl (C=O) groups excluding carboxylic acids is 2. The van der Waals surface area contributed by atoms with Crippen LogP contribution in [-0.4, -0.2) is 41.4 Å². The normalized spacial score (nSPS) is 22.1. The molecule has 7 nitrogen and oxygen atoms in total. The predicted octanol–water partition coefficient (Wildman–Crippen LogP) is 7.44. The van der Waals surface area contributed by atoms with Gasteiger partial charge in [-0.05, 0) is 70.4 Å². The van der Waals surface area contributed by atoms with Crippen molar-refractivity contribution in [1.82, 2.24) is 5.16 Å². The number of rotatable bonds is 6. The Morgan fingerprint density at radius 2 is 1.80 bits per heavy atom. The summed E-state index contributed by atoms with van der Waals surface area (Å²) in [7, 11) is 0. The van der Waals surface area contributed by atoms with E-state index in [1.54, 1.807) is 51.1 Å².